The van der Waals surface area contributed by atoms with Crippen LogP contribution in [-0.2, 0) is 22.1 Å². The lowest BCUT2D eigenvalue weighted by atomic mass is 10.2. The van der Waals surface area contributed by atoms with Crippen molar-refractivity contribution in [3.63, 3.8) is 0 Å². The zero-order valence-corrected chi connectivity index (χ0v) is 11.8. The van der Waals surface area contributed by atoms with Gasteiger partial charge in [-0.15, -0.1) is 0 Å². The molecule has 0 amide bonds. The van der Waals surface area contributed by atoms with Crippen LogP contribution in [-0.4, -0.2) is 36.1 Å². The van der Waals surface area contributed by atoms with Crippen molar-refractivity contribution < 1.29 is 22.4 Å². The number of hydrogen-bond donors (Lipinski definition) is 1. The molecule has 1 aromatic rings. The molecule has 0 bridgehead atoms. The van der Waals surface area contributed by atoms with Crippen LogP contribution < -0.4 is 14.8 Å². The van der Waals surface area contributed by atoms with E-state index in [0.29, 0.717) is 19.5 Å². The van der Waals surface area contributed by atoms with Crippen molar-refractivity contribution in [2.75, 3.05) is 27.4 Å². The third kappa shape index (κ3) is 6.53. The van der Waals surface area contributed by atoms with Crippen LogP contribution in [0.3, 0.4) is 0 Å². The summed E-state index contributed by atoms with van der Waals surface area (Å²) < 4.78 is 35.0. The summed E-state index contributed by atoms with van der Waals surface area (Å²) in [4.78, 5) is 0. The number of hydrogen-bond acceptors (Lipinski definition) is 6. The second-order valence-corrected chi connectivity index (χ2v) is 4.42. The average molecular weight is 288 g/mol. The van der Waals surface area contributed by atoms with Gasteiger partial charge in [0.25, 0.3) is 0 Å². The molecule has 0 saturated carbocycles. The summed E-state index contributed by atoms with van der Waals surface area (Å²) in [6.45, 7) is 1.50. The molecule has 0 aliphatic rings. The molecule has 1 N–H and O–H groups in total. The summed E-state index contributed by atoms with van der Waals surface area (Å²) in [5.41, 5.74) is 1.03. The molecule has 0 saturated heterocycles. The molecule has 0 aliphatic carbocycles. The van der Waals surface area contributed by atoms with Gasteiger partial charge >= 0.3 is 0 Å². The van der Waals surface area contributed by atoms with Crippen molar-refractivity contribution in [1.82, 2.24) is 5.32 Å². The number of methoxy groups -OCH3 is 2. The lowest BCUT2D eigenvalue weighted by molar-refractivity contribution is 0.293. The van der Waals surface area contributed by atoms with E-state index in [9.17, 15) is 8.76 Å². The van der Waals surface area contributed by atoms with Gasteiger partial charge < -0.3 is 23.5 Å². The van der Waals surface area contributed by atoms with Crippen molar-refractivity contribution in [3.05, 3.63) is 23.8 Å². The van der Waals surface area contributed by atoms with E-state index >= 15 is 0 Å². The van der Waals surface area contributed by atoms with E-state index in [1.165, 1.54) is 0 Å². The quantitative estimate of drug-likeness (QED) is 0.539. The first-order valence-corrected chi connectivity index (χ1v) is 6.81. The minimum atomic E-state index is -2.43. The van der Waals surface area contributed by atoms with Gasteiger partial charge in [0.1, 0.15) is 11.5 Å². The fraction of sp³-hybridized carbons (Fsp3) is 0.500. The Hall–Kier alpha value is -1.15. The normalized spacial score (nSPS) is 12.2. The van der Waals surface area contributed by atoms with E-state index in [4.69, 9.17) is 9.47 Å². The van der Waals surface area contributed by atoms with Crippen molar-refractivity contribution >= 4 is 11.4 Å². The van der Waals surface area contributed by atoms with Crippen molar-refractivity contribution in [2.24, 2.45) is 0 Å². The maximum absolute atomic E-state index is 10.1. The molecule has 108 valence electrons. The second kappa shape index (κ2) is 8.87. The standard InChI is InChI=1S/C12H19NO5S/c1-16-11-6-10(7-12(8-11)17-2)9-13-4-3-5-18-19(14)15/h6-8,13H,3-5,9H2,1-2H3,(H,14,15)/p-1. The van der Waals surface area contributed by atoms with E-state index in [-0.39, 0.29) is 6.61 Å². The van der Waals surface area contributed by atoms with Gasteiger partial charge in [0.2, 0.25) is 0 Å². The lowest BCUT2D eigenvalue weighted by Gasteiger charge is -2.10. The molecule has 7 heteroatoms. The Balaban J connectivity index is 2.34. The number of rotatable bonds is 9. The third-order valence-corrected chi connectivity index (χ3v) is 2.78. The Kier molecular flexibility index (Phi) is 7.42. The minimum absolute atomic E-state index is 0.185. The van der Waals surface area contributed by atoms with Crippen molar-refractivity contribution in [3.8, 4) is 11.5 Å². The molecular formula is C12H18NO5S-. The summed E-state index contributed by atoms with van der Waals surface area (Å²) in [5, 5.41) is 3.19. The smallest absolute Gasteiger partial charge is 0.122 e. The Morgan fingerprint density at radius 2 is 1.84 bits per heavy atom. The van der Waals surface area contributed by atoms with E-state index in [1.54, 1.807) is 20.3 Å². The van der Waals surface area contributed by atoms with Gasteiger partial charge in [-0.1, -0.05) is 0 Å². The largest absolute Gasteiger partial charge is 0.750 e. The highest BCUT2D eigenvalue weighted by Gasteiger charge is 2.01. The van der Waals surface area contributed by atoms with Gasteiger partial charge in [0, 0.05) is 12.6 Å². The molecule has 1 aromatic carbocycles. The van der Waals surface area contributed by atoms with Crippen LogP contribution in [0.15, 0.2) is 18.2 Å². The number of benzene rings is 1. The van der Waals surface area contributed by atoms with Crippen LogP contribution >= 0.6 is 0 Å². The monoisotopic (exact) mass is 288 g/mol. The summed E-state index contributed by atoms with van der Waals surface area (Å²) in [6.07, 6.45) is 0.620. The first-order valence-electron chi connectivity index (χ1n) is 5.81. The predicted molar refractivity (Wildman–Crippen MR) is 70.7 cm³/mol. The highest BCUT2D eigenvalue weighted by atomic mass is 32.2. The maximum Gasteiger partial charge on any atom is 0.122 e. The topological polar surface area (TPSA) is 79.9 Å². The zero-order chi connectivity index (χ0) is 14.1. The zero-order valence-electron chi connectivity index (χ0n) is 11.0. The summed E-state index contributed by atoms with van der Waals surface area (Å²) in [7, 11) is 3.21. The molecule has 1 unspecified atom stereocenters. The number of nitrogens with one attached hydrogen (secondary N) is 1. The van der Waals surface area contributed by atoms with Crippen LogP contribution in [0.4, 0.5) is 0 Å². The van der Waals surface area contributed by atoms with Crippen molar-refractivity contribution in [1.29, 1.82) is 0 Å². The number of ether oxygens (including phenoxy) is 2. The minimum Gasteiger partial charge on any atom is -0.750 e. The van der Waals surface area contributed by atoms with E-state index in [1.807, 2.05) is 12.1 Å². The maximum atomic E-state index is 10.1. The molecule has 6 nitrogen and oxygen atoms in total. The van der Waals surface area contributed by atoms with E-state index in [0.717, 1.165) is 17.1 Å². The van der Waals surface area contributed by atoms with Gasteiger partial charge in [-0.25, -0.2) is 4.21 Å². The van der Waals surface area contributed by atoms with E-state index in [2.05, 4.69) is 9.50 Å². The molecule has 0 aromatic heterocycles. The summed E-state index contributed by atoms with van der Waals surface area (Å²) >= 11 is -2.43. The molecule has 0 fully saturated rings. The summed E-state index contributed by atoms with van der Waals surface area (Å²) in [6, 6.07) is 5.64. The Labute approximate surface area is 115 Å². The predicted octanol–water partition coefficient (Wildman–Crippen LogP) is 0.994. The molecule has 0 radical (unpaired) electrons. The van der Waals surface area contributed by atoms with Gasteiger partial charge in [0.15, 0.2) is 0 Å². The average Bonchev–Trinajstić information content (AvgIpc) is 2.41. The molecule has 1 atom stereocenters. The molecule has 1 rings (SSSR count). The molecule has 0 heterocycles. The Bertz CT molecular complexity index is 391. The highest BCUT2D eigenvalue weighted by Crippen LogP contribution is 2.22. The SMILES string of the molecule is COc1cc(CNCCCOS(=O)[O-])cc(OC)c1. The van der Waals surface area contributed by atoms with Crippen LogP contribution in [0.25, 0.3) is 0 Å². The summed E-state index contributed by atoms with van der Waals surface area (Å²) in [5.74, 6) is 1.47. The van der Waals surface area contributed by atoms with Crippen LogP contribution in [0, 0.1) is 0 Å². The van der Waals surface area contributed by atoms with Gasteiger partial charge in [-0.3, -0.25) is 0 Å². The second-order valence-electron chi connectivity index (χ2n) is 3.78. The van der Waals surface area contributed by atoms with Crippen LogP contribution in [0.5, 0.6) is 11.5 Å². The van der Waals surface area contributed by atoms with Gasteiger partial charge in [-0.05, 0) is 30.7 Å². The molecule has 0 spiro atoms. The molecule has 0 aliphatic heterocycles. The molecular weight excluding hydrogens is 270 g/mol. The first-order chi connectivity index (χ1) is 9.15. The van der Waals surface area contributed by atoms with E-state index < -0.39 is 11.4 Å². The van der Waals surface area contributed by atoms with Gasteiger partial charge in [0.05, 0.1) is 32.2 Å². The first kappa shape index (κ1) is 15.9. The van der Waals surface area contributed by atoms with Crippen LogP contribution in [0.2, 0.25) is 0 Å². The Morgan fingerprint density at radius 3 is 2.37 bits per heavy atom. The van der Waals surface area contributed by atoms with Crippen molar-refractivity contribution in [2.45, 2.75) is 13.0 Å². The highest BCUT2D eigenvalue weighted by molar-refractivity contribution is 7.74. The fourth-order valence-electron chi connectivity index (χ4n) is 1.53. The third-order valence-electron chi connectivity index (χ3n) is 2.42. The lowest BCUT2D eigenvalue weighted by Crippen LogP contribution is -2.16. The fourth-order valence-corrected chi connectivity index (χ4v) is 1.78. The molecule has 19 heavy (non-hydrogen) atoms. The Morgan fingerprint density at radius 1 is 1.21 bits per heavy atom. The van der Waals surface area contributed by atoms with Gasteiger partial charge in [-0.2, -0.15) is 0 Å². The van der Waals surface area contributed by atoms with Crippen LogP contribution in [0.1, 0.15) is 12.0 Å².